The standard InChI is InChI=1S/C15H11ClF3NO/c16-10-14(21)20(12-4-2-1-3-5-12)13-8-6-11(7-9-13)15(17,18)19/h1-9H,10H2. The van der Waals surface area contributed by atoms with Gasteiger partial charge in [-0.15, -0.1) is 11.6 Å². The molecule has 0 unspecified atom stereocenters. The summed E-state index contributed by atoms with van der Waals surface area (Å²) in [6.07, 6.45) is -4.41. The summed E-state index contributed by atoms with van der Waals surface area (Å²) in [6, 6.07) is 13.0. The Morgan fingerprint density at radius 2 is 1.48 bits per heavy atom. The van der Waals surface area contributed by atoms with E-state index in [0.717, 1.165) is 12.1 Å². The molecule has 0 N–H and O–H groups in total. The molecule has 0 aromatic heterocycles. The van der Waals surface area contributed by atoms with Crippen molar-refractivity contribution in [1.82, 2.24) is 0 Å². The first-order chi connectivity index (χ1) is 9.93. The normalized spacial score (nSPS) is 11.2. The van der Waals surface area contributed by atoms with Crippen molar-refractivity contribution < 1.29 is 18.0 Å². The second kappa shape index (κ2) is 6.18. The lowest BCUT2D eigenvalue weighted by Gasteiger charge is -2.22. The van der Waals surface area contributed by atoms with Crippen LogP contribution in [0.15, 0.2) is 54.6 Å². The lowest BCUT2D eigenvalue weighted by molar-refractivity contribution is -0.137. The van der Waals surface area contributed by atoms with Crippen molar-refractivity contribution in [3.05, 3.63) is 60.2 Å². The zero-order valence-electron chi connectivity index (χ0n) is 10.8. The molecule has 1 amide bonds. The van der Waals surface area contributed by atoms with E-state index in [2.05, 4.69) is 0 Å². The zero-order valence-corrected chi connectivity index (χ0v) is 11.5. The van der Waals surface area contributed by atoms with Crippen molar-refractivity contribution >= 4 is 28.9 Å². The molecule has 2 nitrogen and oxygen atoms in total. The van der Waals surface area contributed by atoms with Crippen molar-refractivity contribution in [1.29, 1.82) is 0 Å². The van der Waals surface area contributed by atoms with Gasteiger partial charge in [-0.05, 0) is 36.4 Å². The molecule has 0 atom stereocenters. The number of alkyl halides is 4. The van der Waals surface area contributed by atoms with Gasteiger partial charge in [0.25, 0.3) is 0 Å². The molecule has 21 heavy (non-hydrogen) atoms. The minimum absolute atomic E-state index is 0.268. The Balaban J connectivity index is 2.41. The van der Waals surface area contributed by atoms with Crippen LogP contribution in [0.25, 0.3) is 0 Å². The molecule has 0 saturated heterocycles. The summed E-state index contributed by atoms with van der Waals surface area (Å²) in [5.41, 5.74) is 0.111. The molecule has 2 aromatic rings. The highest BCUT2D eigenvalue weighted by Crippen LogP contribution is 2.32. The molecule has 0 radical (unpaired) electrons. The van der Waals surface area contributed by atoms with E-state index in [1.54, 1.807) is 30.3 Å². The summed E-state index contributed by atoms with van der Waals surface area (Å²) < 4.78 is 37.7. The predicted octanol–water partition coefficient (Wildman–Crippen LogP) is 4.61. The fourth-order valence-electron chi connectivity index (χ4n) is 1.87. The zero-order chi connectivity index (χ0) is 15.5. The summed E-state index contributed by atoms with van der Waals surface area (Å²) in [5, 5.41) is 0. The Morgan fingerprint density at radius 3 is 1.95 bits per heavy atom. The lowest BCUT2D eigenvalue weighted by atomic mass is 10.1. The van der Waals surface area contributed by atoms with Crippen molar-refractivity contribution in [2.45, 2.75) is 6.18 Å². The second-order valence-corrected chi connectivity index (χ2v) is 4.51. The largest absolute Gasteiger partial charge is 0.416 e. The Kier molecular flexibility index (Phi) is 4.53. The van der Waals surface area contributed by atoms with Crippen LogP contribution >= 0.6 is 11.6 Å². The van der Waals surface area contributed by atoms with Crippen molar-refractivity contribution in [2.24, 2.45) is 0 Å². The molecule has 0 saturated carbocycles. The molecular formula is C15H11ClF3NO. The van der Waals surface area contributed by atoms with E-state index in [1.165, 1.54) is 17.0 Å². The van der Waals surface area contributed by atoms with Gasteiger partial charge < -0.3 is 0 Å². The monoisotopic (exact) mass is 313 g/mol. The van der Waals surface area contributed by atoms with E-state index >= 15 is 0 Å². The number of benzene rings is 2. The van der Waals surface area contributed by atoms with Gasteiger partial charge in [0.05, 0.1) is 5.56 Å². The van der Waals surface area contributed by atoms with Gasteiger partial charge in [0, 0.05) is 11.4 Å². The maximum absolute atomic E-state index is 12.6. The van der Waals surface area contributed by atoms with Gasteiger partial charge in [-0.1, -0.05) is 18.2 Å². The van der Waals surface area contributed by atoms with E-state index < -0.39 is 17.6 Å². The molecule has 0 aliphatic heterocycles. The number of anilines is 2. The molecule has 0 aliphatic rings. The van der Waals surface area contributed by atoms with Crippen LogP contribution in [-0.2, 0) is 11.0 Å². The third-order valence-electron chi connectivity index (χ3n) is 2.83. The average Bonchev–Trinajstić information content (AvgIpc) is 2.48. The molecule has 110 valence electrons. The van der Waals surface area contributed by atoms with Crippen LogP contribution in [0.2, 0.25) is 0 Å². The van der Waals surface area contributed by atoms with E-state index in [9.17, 15) is 18.0 Å². The average molecular weight is 314 g/mol. The number of rotatable bonds is 3. The van der Waals surface area contributed by atoms with Gasteiger partial charge in [-0.25, -0.2) is 0 Å². The maximum atomic E-state index is 12.6. The van der Waals surface area contributed by atoms with Gasteiger partial charge in [0.1, 0.15) is 5.88 Å². The summed E-state index contributed by atoms with van der Waals surface area (Å²) in [4.78, 5) is 13.3. The third kappa shape index (κ3) is 3.55. The molecule has 0 spiro atoms. The van der Waals surface area contributed by atoms with Crippen molar-refractivity contribution in [2.75, 3.05) is 10.8 Å². The fraction of sp³-hybridized carbons (Fsp3) is 0.133. The molecule has 2 aromatic carbocycles. The van der Waals surface area contributed by atoms with Gasteiger partial charge in [0.2, 0.25) is 5.91 Å². The van der Waals surface area contributed by atoms with Gasteiger partial charge >= 0.3 is 6.18 Å². The minimum atomic E-state index is -4.41. The quantitative estimate of drug-likeness (QED) is 0.758. The summed E-state index contributed by atoms with van der Waals surface area (Å²) in [6.45, 7) is 0. The maximum Gasteiger partial charge on any atom is 0.416 e. The first-order valence-corrected chi connectivity index (χ1v) is 6.58. The molecule has 0 fully saturated rings. The number of halogens is 4. The van der Waals surface area contributed by atoms with Crippen LogP contribution in [0.4, 0.5) is 24.5 Å². The van der Waals surface area contributed by atoms with Crippen LogP contribution in [0.1, 0.15) is 5.56 Å². The molecule has 0 heterocycles. The van der Waals surface area contributed by atoms with E-state index in [-0.39, 0.29) is 5.88 Å². The number of nitrogens with zero attached hydrogens (tertiary/aromatic N) is 1. The topological polar surface area (TPSA) is 20.3 Å². The van der Waals surface area contributed by atoms with E-state index in [1.807, 2.05) is 0 Å². The van der Waals surface area contributed by atoms with Crippen molar-refractivity contribution in [3.8, 4) is 0 Å². The smallest absolute Gasteiger partial charge is 0.280 e. The Labute approximate surface area is 124 Å². The van der Waals surface area contributed by atoms with Crippen LogP contribution < -0.4 is 4.90 Å². The minimum Gasteiger partial charge on any atom is -0.280 e. The molecule has 6 heteroatoms. The second-order valence-electron chi connectivity index (χ2n) is 4.24. The molecule has 2 rings (SSSR count). The van der Waals surface area contributed by atoms with Gasteiger partial charge in [-0.3, -0.25) is 9.69 Å². The lowest BCUT2D eigenvalue weighted by Crippen LogP contribution is -2.26. The number of carbonyl (C=O) groups excluding carboxylic acids is 1. The van der Waals surface area contributed by atoms with Gasteiger partial charge in [0.15, 0.2) is 0 Å². The number of carbonyl (C=O) groups is 1. The molecule has 0 aliphatic carbocycles. The number of hydrogen-bond acceptors (Lipinski definition) is 1. The number of amides is 1. The Hall–Kier alpha value is -2.01. The Bertz CT molecular complexity index is 611. The predicted molar refractivity (Wildman–Crippen MR) is 75.8 cm³/mol. The molecular weight excluding hydrogens is 303 g/mol. The van der Waals surface area contributed by atoms with E-state index in [0.29, 0.717) is 11.4 Å². The number of para-hydroxylation sites is 1. The van der Waals surface area contributed by atoms with Crippen LogP contribution in [-0.4, -0.2) is 11.8 Å². The summed E-state index contributed by atoms with van der Waals surface area (Å²) in [7, 11) is 0. The Morgan fingerprint density at radius 1 is 0.952 bits per heavy atom. The summed E-state index contributed by atoms with van der Waals surface area (Å²) in [5.74, 6) is -0.682. The highest BCUT2D eigenvalue weighted by atomic mass is 35.5. The summed E-state index contributed by atoms with van der Waals surface area (Å²) >= 11 is 5.58. The van der Waals surface area contributed by atoms with Gasteiger partial charge in [-0.2, -0.15) is 13.2 Å². The SMILES string of the molecule is O=C(CCl)N(c1ccccc1)c1ccc(C(F)(F)F)cc1. The third-order valence-corrected chi connectivity index (χ3v) is 3.06. The van der Waals surface area contributed by atoms with Crippen LogP contribution in [0.5, 0.6) is 0 Å². The highest BCUT2D eigenvalue weighted by Gasteiger charge is 2.30. The fourth-order valence-corrected chi connectivity index (χ4v) is 1.99. The first-order valence-electron chi connectivity index (χ1n) is 6.04. The molecule has 0 bridgehead atoms. The van der Waals surface area contributed by atoms with Crippen LogP contribution in [0.3, 0.4) is 0 Å². The highest BCUT2D eigenvalue weighted by molar-refractivity contribution is 6.30. The first kappa shape index (κ1) is 15.4. The number of hydrogen-bond donors (Lipinski definition) is 0. The van der Waals surface area contributed by atoms with Crippen LogP contribution in [0, 0.1) is 0 Å². The van der Waals surface area contributed by atoms with Crippen molar-refractivity contribution in [3.63, 3.8) is 0 Å². The van der Waals surface area contributed by atoms with E-state index in [4.69, 9.17) is 11.6 Å².